The Labute approximate surface area is 600 Å². The molecule has 104 heavy (non-hydrogen) atoms. The van der Waals surface area contributed by atoms with Crippen molar-refractivity contribution in [1.82, 2.24) is 78.4 Å². The molecule has 2 aromatic carbocycles. The Hall–Kier alpha value is -11.3. The fourth-order valence-corrected chi connectivity index (χ4v) is 10.5. The molecule has 0 fully saturated rings. The molecule has 0 aliphatic heterocycles. The van der Waals surface area contributed by atoms with E-state index in [4.69, 9.17) is 22.9 Å². The zero-order valence-electron chi connectivity index (χ0n) is 57.3. The SMILES string of the molecule is CSCC[C@@H](NC(=O)[C@@H](Cc1cnc[nH]1)NC(=O)[C@@H](Cc1cnc[nH]1)NC(=O)[C@@H](CCC(=O)O)NC(=O)[C@@H](CO)NC(=O)[C@@H](CCC(N)=O)NC(=O)CN)C(=O)N[C@H](CCCN=C(N)N)C(=O)NC(C(=O)N[C@H](Cc1ccc(O)cc1)C(=O)N[C@H](CO)C(=O)N[C@H](Cc1ccccc1)C(=O)O)C(C)C. The van der Waals surface area contributed by atoms with Gasteiger partial charge in [-0.05, 0) is 73.3 Å². The summed E-state index contributed by atoms with van der Waals surface area (Å²) in [6, 6.07) is -3.98. The number of aliphatic carboxylic acids is 2. The molecule has 0 bridgehead atoms. The highest BCUT2D eigenvalue weighted by molar-refractivity contribution is 7.98. The van der Waals surface area contributed by atoms with E-state index in [1.54, 1.807) is 50.4 Å². The van der Waals surface area contributed by atoms with Gasteiger partial charge in [-0.3, -0.25) is 67.3 Å². The predicted octanol–water partition coefficient (Wildman–Crippen LogP) is -6.94. The number of carbonyl (C=O) groups is 14. The monoisotopic (exact) mass is 1480 g/mol. The second-order valence-electron chi connectivity index (χ2n) is 24.1. The number of aliphatic hydroxyl groups is 2. The number of phenolic OH excluding ortho intramolecular Hbond substituents is 1. The van der Waals surface area contributed by atoms with Crippen LogP contribution in [0.1, 0.15) is 81.3 Å². The number of nitrogens with zero attached hydrogens (tertiary/aromatic N) is 3. The van der Waals surface area contributed by atoms with Gasteiger partial charge < -0.3 is 117 Å². The van der Waals surface area contributed by atoms with Crippen LogP contribution in [0.3, 0.4) is 0 Å². The third kappa shape index (κ3) is 30.1. The Morgan fingerprint density at radius 2 is 0.894 bits per heavy atom. The van der Waals surface area contributed by atoms with Gasteiger partial charge in [0.25, 0.3) is 0 Å². The lowest BCUT2D eigenvalue weighted by molar-refractivity contribution is -0.142. The number of nitrogens with two attached hydrogens (primary N) is 4. The molecule has 0 radical (unpaired) electrons. The van der Waals surface area contributed by atoms with Crippen LogP contribution in [-0.4, -0.2) is 239 Å². The summed E-state index contributed by atoms with van der Waals surface area (Å²) < 4.78 is 0. The van der Waals surface area contributed by atoms with E-state index < -0.39 is 201 Å². The summed E-state index contributed by atoms with van der Waals surface area (Å²) in [6.07, 6.45) is 3.20. The zero-order chi connectivity index (χ0) is 77.0. The molecular weight excluding hydrogens is 1380 g/mol. The number of imidazole rings is 2. The number of aromatic amines is 2. The summed E-state index contributed by atoms with van der Waals surface area (Å²) in [6.45, 7) is 0.329. The van der Waals surface area contributed by atoms with Gasteiger partial charge in [-0.2, -0.15) is 11.8 Å². The minimum Gasteiger partial charge on any atom is -0.508 e. The number of carboxylic acid groups (broad SMARTS) is 2. The molecule has 0 spiro atoms. The number of amides is 12. The molecule has 4 aromatic rings. The molecule has 12 amide bonds. The van der Waals surface area contributed by atoms with Crippen molar-refractivity contribution in [3.8, 4) is 5.75 Å². The number of benzene rings is 2. The average Bonchev–Trinajstić information content (AvgIpc) is 1.74. The molecule has 2 heterocycles. The smallest absolute Gasteiger partial charge is 0.326 e. The number of nitrogens with one attached hydrogen (secondary N) is 13. The van der Waals surface area contributed by atoms with Crippen LogP contribution >= 0.6 is 11.8 Å². The molecular formula is C64H92N20O19S. The van der Waals surface area contributed by atoms with Gasteiger partial charge >= 0.3 is 11.9 Å². The predicted molar refractivity (Wildman–Crippen MR) is 372 cm³/mol. The van der Waals surface area contributed by atoms with Crippen molar-refractivity contribution >= 4 is 101 Å². The molecule has 0 aliphatic rings. The maximum atomic E-state index is 14.8. The Bertz CT molecular complexity index is 3550. The van der Waals surface area contributed by atoms with Gasteiger partial charge in [0, 0.05) is 68.9 Å². The second-order valence-corrected chi connectivity index (χ2v) is 25.1. The fraction of sp³-hybridized carbons (Fsp3) is 0.484. The van der Waals surface area contributed by atoms with E-state index in [0.717, 1.165) is 0 Å². The largest absolute Gasteiger partial charge is 0.508 e. The average molecular weight is 1480 g/mol. The summed E-state index contributed by atoms with van der Waals surface area (Å²) in [5, 5.41) is 77.2. The summed E-state index contributed by atoms with van der Waals surface area (Å²) >= 11 is 1.27. The Kier molecular flexibility index (Phi) is 36.2. The van der Waals surface area contributed by atoms with Crippen molar-refractivity contribution in [3.05, 3.63) is 102 Å². The quantitative estimate of drug-likeness (QED) is 0.0111. The number of aromatic hydroxyl groups is 1. The van der Waals surface area contributed by atoms with Gasteiger partial charge in [0.1, 0.15) is 72.2 Å². The molecule has 40 heteroatoms. The maximum absolute atomic E-state index is 14.8. The summed E-state index contributed by atoms with van der Waals surface area (Å²) in [5.41, 5.74) is 23.2. The van der Waals surface area contributed by atoms with E-state index in [1.807, 2.05) is 0 Å². The van der Waals surface area contributed by atoms with Crippen LogP contribution in [0.5, 0.6) is 5.75 Å². The van der Waals surface area contributed by atoms with E-state index in [0.29, 0.717) is 11.1 Å². The fourth-order valence-electron chi connectivity index (χ4n) is 10.0. The van der Waals surface area contributed by atoms with E-state index in [1.165, 1.54) is 61.1 Å². The van der Waals surface area contributed by atoms with Crippen molar-refractivity contribution in [2.75, 3.05) is 38.3 Å². The standard InChI is InChI=1S/C64H92N20O19S/c1-33(2)52(62(101)80-43(22-35-11-13-38(87)14-12-35)57(96)83-48(30-86)61(100)81-46(63(102)103)23-34-8-5-4-6-9-34)84-56(95)39(10-7-20-71-64(67)68)75-55(94)42(19-21-104-3)77-58(97)44(24-36-27-69-31-72-36)79-59(98)45(25-37-28-70-32-73-37)78-54(93)41(16-18-51(90)91)76-60(99)47(29-85)82-53(92)40(15-17-49(66)88)74-50(89)26-65/h4-6,8-9,11-14,27-28,31-33,39-48,52,85-87H,7,10,15-26,29-30,65H2,1-3H3,(H2,66,88)(H,69,72)(H,70,73)(H,74,89)(H,75,94)(H,76,99)(H,77,97)(H,78,93)(H,79,98)(H,80,101)(H,81,100)(H,82,92)(H,83,96)(H,84,95)(H,90,91)(H,102,103)(H4,67,68,71)/t39-,40-,41-,42-,43-,44-,45-,46-,47-,48-,52?/m1/s1. The Balaban J connectivity index is 1.63. The molecule has 2 aromatic heterocycles. The minimum absolute atomic E-state index is 0.0341. The topological polar surface area (TPSA) is 646 Å². The molecule has 26 N–H and O–H groups in total. The lowest BCUT2D eigenvalue weighted by atomic mass is 9.99. The Morgan fingerprint density at radius 1 is 0.490 bits per heavy atom. The molecule has 39 nitrogen and oxygen atoms in total. The normalized spacial score (nSPS) is 14.2. The van der Waals surface area contributed by atoms with Gasteiger partial charge in [-0.1, -0.05) is 56.3 Å². The molecule has 0 saturated carbocycles. The first-order chi connectivity index (χ1) is 49.4. The summed E-state index contributed by atoms with van der Waals surface area (Å²) in [5.74, 6) is -16.1. The number of phenols is 1. The van der Waals surface area contributed by atoms with Crippen LogP contribution in [-0.2, 0) is 92.8 Å². The first-order valence-electron chi connectivity index (χ1n) is 32.7. The third-order valence-corrected chi connectivity index (χ3v) is 16.3. The number of aliphatic imine (C=N–C) groups is 1. The third-order valence-electron chi connectivity index (χ3n) is 15.6. The first-order valence-corrected chi connectivity index (χ1v) is 34.1. The van der Waals surface area contributed by atoms with E-state index >= 15 is 0 Å². The lowest BCUT2D eigenvalue weighted by Gasteiger charge is -2.29. The number of hydrogen-bond donors (Lipinski definition) is 22. The number of carboxylic acids is 2. The number of guanidine groups is 1. The van der Waals surface area contributed by atoms with Crippen molar-refractivity contribution in [3.63, 3.8) is 0 Å². The number of aromatic nitrogens is 4. The van der Waals surface area contributed by atoms with Crippen LogP contribution in [0.25, 0.3) is 0 Å². The second kappa shape index (κ2) is 44.2. The van der Waals surface area contributed by atoms with Crippen molar-refractivity contribution in [2.24, 2.45) is 33.8 Å². The van der Waals surface area contributed by atoms with E-state index in [2.05, 4.69) is 83.4 Å². The van der Waals surface area contributed by atoms with Crippen molar-refractivity contribution in [1.29, 1.82) is 0 Å². The van der Waals surface area contributed by atoms with Crippen LogP contribution in [0.2, 0.25) is 0 Å². The van der Waals surface area contributed by atoms with E-state index in [-0.39, 0.29) is 80.3 Å². The Morgan fingerprint density at radius 3 is 1.34 bits per heavy atom. The summed E-state index contributed by atoms with van der Waals surface area (Å²) in [4.78, 5) is 208. The number of primary amides is 1. The maximum Gasteiger partial charge on any atom is 0.326 e. The summed E-state index contributed by atoms with van der Waals surface area (Å²) in [7, 11) is 0. The van der Waals surface area contributed by atoms with Crippen LogP contribution < -0.4 is 81.4 Å². The van der Waals surface area contributed by atoms with Gasteiger partial charge in [0.15, 0.2) is 5.96 Å². The van der Waals surface area contributed by atoms with Crippen LogP contribution in [0, 0.1) is 5.92 Å². The van der Waals surface area contributed by atoms with E-state index in [9.17, 15) is 92.7 Å². The molecule has 568 valence electrons. The number of H-pyrrole nitrogens is 2. The highest BCUT2D eigenvalue weighted by Crippen LogP contribution is 2.15. The molecule has 0 aliphatic carbocycles. The van der Waals surface area contributed by atoms with Gasteiger partial charge in [0.05, 0.1) is 32.4 Å². The number of aliphatic hydroxyl groups excluding tert-OH is 2. The molecule has 11 atom stereocenters. The van der Waals surface area contributed by atoms with Crippen molar-refractivity contribution < 1.29 is 92.7 Å². The number of thioether (sulfide) groups is 1. The van der Waals surface area contributed by atoms with Gasteiger partial charge in [-0.15, -0.1) is 0 Å². The number of hydrogen-bond acceptors (Lipinski definition) is 22. The number of carbonyl (C=O) groups excluding carboxylic acids is 12. The molecule has 0 saturated heterocycles. The van der Waals surface area contributed by atoms with Gasteiger partial charge in [-0.25, -0.2) is 14.8 Å². The van der Waals surface area contributed by atoms with Gasteiger partial charge in [0.2, 0.25) is 70.9 Å². The zero-order valence-corrected chi connectivity index (χ0v) is 58.1. The molecule has 4 rings (SSSR count). The lowest BCUT2D eigenvalue weighted by Crippen LogP contribution is -2.62. The highest BCUT2D eigenvalue weighted by atomic mass is 32.2. The highest BCUT2D eigenvalue weighted by Gasteiger charge is 2.38. The number of rotatable bonds is 47. The minimum atomic E-state index is -1.86. The first kappa shape index (κ1) is 85.2. The van der Waals surface area contributed by atoms with Crippen molar-refractivity contribution in [2.45, 2.75) is 151 Å². The van der Waals surface area contributed by atoms with Crippen LogP contribution in [0.15, 0.2) is 84.6 Å². The molecule has 1 unspecified atom stereocenters. The van der Waals surface area contributed by atoms with Crippen LogP contribution in [0.4, 0.5) is 0 Å².